The molecule has 0 aliphatic heterocycles. The number of benzene rings is 1. The summed E-state index contributed by atoms with van der Waals surface area (Å²) in [5.41, 5.74) is 1.14. The van der Waals surface area contributed by atoms with Gasteiger partial charge in [0.15, 0.2) is 0 Å². The molecule has 1 atom stereocenters. The Kier molecular flexibility index (Phi) is 3.36. The van der Waals surface area contributed by atoms with Gasteiger partial charge in [0.25, 0.3) is 0 Å². The SMILES string of the molecule is Cn1cc(CC(C(=O)O)c2ccc(F)cc2)nn1. The molecule has 1 unspecified atom stereocenters. The summed E-state index contributed by atoms with van der Waals surface area (Å²) in [4.78, 5) is 11.2. The fourth-order valence-corrected chi connectivity index (χ4v) is 1.74. The lowest BCUT2D eigenvalue weighted by Crippen LogP contribution is -2.14. The highest BCUT2D eigenvalue weighted by Gasteiger charge is 2.21. The van der Waals surface area contributed by atoms with Crippen LogP contribution in [0.15, 0.2) is 30.5 Å². The molecule has 0 spiro atoms. The molecule has 0 aliphatic rings. The molecule has 2 rings (SSSR count). The zero-order valence-electron chi connectivity index (χ0n) is 9.75. The highest BCUT2D eigenvalue weighted by molar-refractivity contribution is 5.76. The number of aromatic nitrogens is 3. The van der Waals surface area contributed by atoms with E-state index in [0.717, 1.165) is 0 Å². The third-order valence-electron chi connectivity index (χ3n) is 2.63. The fourth-order valence-electron chi connectivity index (χ4n) is 1.74. The minimum Gasteiger partial charge on any atom is -0.481 e. The molecule has 0 saturated heterocycles. The van der Waals surface area contributed by atoms with Crippen LogP contribution in [0.5, 0.6) is 0 Å². The molecule has 0 amide bonds. The highest BCUT2D eigenvalue weighted by atomic mass is 19.1. The lowest BCUT2D eigenvalue weighted by Gasteiger charge is -2.10. The largest absolute Gasteiger partial charge is 0.481 e. The van der Waals surface area contributed by atoms with Gasteiger partial charge in [0, 0.05) is 19.7 Å². The highest BCUT2D eigenvalue weighted by Crippen LogP contribution is 2.20. The van der Waals surface area contributed by atoms with Gasteiger partial charge in [0.2, 0.25) is 0 Å². The van der Waals surface area contributed by atoms with Crippen LogP contribution in [-0.4, -0.2) is 26.1 Å². The van der Waals surface area contributed by atoms with Gasteiger partial charge < -0.3 is 5.11 Å². The van der Waals surface area contributed by atoms with E-state index in [1.165, 1.54) is 28.9 Å². The maximum atomic E-state index is 12.8. The summed E-state index contributed by atoms with van der Waals surface area (Å²) in [6.07, 6.45) is 1.90. The van der Waals surface area contributed by atoms with Crippen molar-refractivity contribution in [1.82, 2.24) is 15.0 Å². The van der Waals surface area contributed by atoms with Crippen molar-refractivity contribution >= 4 is 5.97 Å². The van der Waals surface area contributed by atoms with Crippen LogP contribution in [0, 0.1) is 5.82 Å². The van der Waals surface area contributed by atoms with Crippen molar-refractivity contribution in [3.05, 3.63) is 47.5 Å². The van der Waals surface area contributed by atoms with Crippen molar-refractivity contribution in [2.45, 2.75) is 12.3 Å². The average molecular weight is 249 g/mol. The second kappa shape index (κ2) is 4.95. The maximum absolute atomic E-state index is 12.8. The monoisotopic (exact) mass is 249 g/mol. The Morgan fingerprint density at radius 2 is 2.11 bits per heavy atom. The summed E-state index contributed by atoms with van der Waals surface area (Å²) in [5.74, 6) is -2.10. The van der Waals surface area contributed by atoms with E-state index in [9.17, 15) is 14.3 Å². The van der Waals surface area contributed by atoms with Crippen molar-refractivity contribution < 1.29 is 14.3 Å². The van der Waals surface area contributed by atoms with Crippen LogP contribution in [0.2, 0.25) is 0 Å². The Hall–Kier alpha value is -2.24. The standard InChI is InChI=1S/C12H12FN3O2/c1-16-7-10(14-15-16)6-11(12(17)18)8-2-4-9(13)5-3-8/h2-5,7,11H,6H2,1H3,(H,17,18). The van der Waals surface area contributed by atoms with Crippen molar-refractivity contribution in [2.24, 2.45) is 7.05 Å². The first kappa shape index (κ1) is 12.2. The van der Waals surface area contributed by atoms with Gasteiger partial charge in [-0.2, -0.15) is 0 Å². The predicted octanol–water partition coefficient (Wildman–Crippen LogP) is 1.37. The van der Waals surface area contributed by atoms with Crippen molar-refractivity contribution in [3.8, 4) is 0 Å². The van der Waals surface area contributed by atoms with E-state index < -0.39 is 11.9 Å². The van der Waals surface area contributed by atoms with E-state index in [1.807, 2.05) is 0 Å². The number of nitrogens with zero attached hydrogens (tertiary/aromatic N) is 3. The molecule has 94 valence electrons. The van der Waals surface area contributed by atoms with Crippen LogP contribution >= 0.6 is 0 Å². The number of carbonyl (C=O) groups is 1. The molecule has 0 bridgehead atoms. The van der Waals surface area contributed by atoms with Gasteiger partial charge in [-0.3, -0.25) is 9.48 Å². The molecule has 18 heavy (non-hydrogen) atoms. The second-order valence-electron chi connectivity index (χ2n) is 4.03. The van der Waals surface area contributed by atoms with Gasteiger partial charge in [0.05, 0.1) is 11.6 Å². The van der Waals surface area contributed by atoms with Crippen LogP contribution in [-0.2, 0) is 18.3 Å². The van der Waals surface area contributed by atoms with Gasteiger partial charge in [-0.05, 0) is 17.7 Å². The number of carboxylic acids is 1. The Labute approximate surface area is 103 Å². The molecule has 1 aromatic carbocycles. The van der Waals surface area contributed by atoms with E-state index in [1.54, 1.807) is 13.2 Å². The summed E-state index contributed by atoms with van der Waals surface area (Å²) >= 11 is 0. The molecular formula is C12H12FN3O2. The molecule has 1 N–H and O–H groups in total. The summed E-state index contributed by atoms with van der Waals surface area (Å²) < 4.78 is 14.3. The molecule has 0 saturated carbocycles. The van der Waals surface area contributed by atoms with Crippen molar-refractivity contribution in [2.75, 3.05) is 0 Å². The van der Waals surface area contributed by atoms with Gasteiger partial charge in [-0.1, -0.05) is 17.3 Å². The third-order valence-corrected chi connectivity index (χ3v) is 2.63. The quantitative estimate of drug-likeness (QED) is 0.888. The number of aliphatic carboxylic acids is 1. The van der Waals surface area contributed by atoms with Crippen LogP contribution in [0.4, 0.5) is 4.39 Å². The van der Waals surface area contributed by atoms with Crippen molar-refractivity contribution in [1.29, 1.82) is 0 Å². The normalized spacial score (nSPS) is 12.3. The summed E-state index contributed by atoms with van der Waals surface area (Å²) in [6, 6.07) is 5.46. The Bertz CT molecular complexity index is 551. The number of carboxylic acid groups (broad SMARTS) is 1. The van der Waals surface area contributed by atoms with Gasteiger partial charge in [-0.25, -0.2) is 4.39 Å². The van der Waals surface area contributed by atoms with E-state index in [2.05, 4.69) is 10.3 Å². The summed E-state index contributed by atoms with van der Waals surface area (Å²) in [6.45, 7) is 0. The van der Waals surface area contributed by atoms with Crippen LogP contribution < -0.4 is 0 Å². The molecular weight excluding hydrogens is 237 g/mol. The number of rotatable bonds is 4. The minimum atomic E-state index is -0.965. The van der Waals surface area contributed by atoms with Gasteiger partial charge >= 0.3 is 5.97 Å². The minimum absolute atomic E-state index is 0.231. The lowest BCUT2D eigenvalue weighted by molar-refractivity contribution is -0.138. The lowest BCUT2D eigenvalue weighted by atomic mass is 9.94. The van der Waals surface area contributed by atoms with Crippen LogP contribution in [0.1, 0.15) is 17.2 Å². The summed E-state index contributed by atoms with van der Waals surface area (Å²) in [7, 11) is 1.71. The van der Waals surface area contributed by atoms with Crippen LogP contribution in [0.3, 0.4) is 0 Å². The molecule has 2 aromatic rings. The number of hydrogen-bond donors (Lipinski definition) is 1. The second-order valence-corrected chi connectivity index (χ2v) is 4.03. The smallest absolute Gasteiger partial charge is 0.311 e. The van der Waals surface area contributed by atoms with E-state index >= 15 is 0 Å². The molecule has 1 heterocycles. The summed E-state index contributed by atoms with van der Waals surface area (Å²) in [5, 5.41) is 16.8. The molecule has 0 aliphatic carbocycles. The zero-order valence-corrected chi connectivity index (χ0v) is 9.75. The molecule has 0 radical (unpaired) electrons. The first-order chi connectivity index (χ1) is 8.56. The first-order valence-corrected chi connectivity index (χ1v) is 5.39. The molecule has 0 fully saturated rings. The Morgan fingerprint density at radius 3 is 2.61 bits per heavy atom. The molecule has 5 nitrogen and oxygen atoms in total. The number of halogens is 1. The molecule has 6 heteroatoms. The third kappa shape index (κ3) is 2.71. The predicted molar refractivity (Wildman–Crippen MR) is 61.5 cm³/mol. The number of aryl methyl sites for hydroxylation is 1. The fraction of sp³-hybridized carbons (Fsp3) is 0.250. The first-order valence-electron chi connectivity index (χ1n) is 5.39. The molecule has 1 aromatic heterocycles. The van der Waals surface area contributed by atoms with E-state index in [-0.39, 0.29) is 12.2 Å². The average Bonchev–Trinajstić information content (AvgIpc) is 2.73. The Balaban J connectivity index is 2.23. The van der Waals surface area contributed by atoms with Crippen LogP contribution in [0.25, 0.3) is 0 Å². The van der Waals surface area contributed by atoms with Gasteiger partial charge in [0.1, 0.15) is 5.82 Å². The van der Waals surface area contributed by atoms with Gasteiger partial charge in [-0.15, -0.1) is 5.10 Å². The number of hydrogen-bond acceptors (Lipinski definition) is 3. The Morgan fingerprint density at radius 1 is 1.44 bits per heavy atom. The van der Waals surface area contributed by atoms with E-state index in [0.29, 0.717) is 11.3 Å². The topological polar surface area (TPSA) is 68.0 Å². The maximum Gasteiger partial charge on any atom is 0.311 e. The zero-order chi connectivity index (χ0) is 13.1. The van der Waals surface area contributed by atoms with Crippen molar-refractivity contribution in [3.63, 3.8) is 0 Å². The van der Waals surface area contributed by atoms with E-state index in [4.69, 9.17) is 0 Å².